The number of methoxy groups -OCH3 is 1. The summed E-state index contributed by atoms with van der Waals surface area (Å²) in [5.74, 6) is 1.30. The topological polar surface area (TPSA) is 73.3 Å². The van der Waals surface area contributed by atoms with Gasteiger partial charge < -0.3 is 14.8 Å². The molecule has 144 valence electrons. The summed E-state index contributed by atoms with van der Waals surface area (Å²) in [6.07, 6.45) is 1.49. The van der Waals surface area contributed by atoms with Crippen molar-refractivity contribution in [2.24, 2.45) is 0 Å². The van der Waals surface area contributed by atoms with E-state index in [0.717, 1.165) is 39.6 Å². The zero-order valence-electron chi connectivity index (χ0n) is 16.2. The summed E-state index contributed by atoms with van der Waals surface area (Å²) in [5, 5.41) is 2.83. The third-order valence-electron chi connectivity index (χ3n) is 4.28. The van der Waals surface area contributed by atoms with Crippen molar-refractivity contribution in [1.29, 1.82) is 0 Å². The number of amides is 1. The van der Waals surface area contributed by atoms with Gasteiger partial charge in [-0.2, -0.15) is 0 Å². The van der Waals surface area contributed by atoms with Crippen LogP contribution in [0.3, 0.4) is 0 Å². The van der Waals surface area contributed by atoms with Crippen molar-refractivity contribution < 1.29 is 14.3 Å². The Morgan fingerprint density at radius 2 is 1.82 bits per heavy atom. The second-order valence-corrected chi connectivity index (χ2v) is 6.46. The Balaban J connectivity index is 1.56. The van der Waals surface area contributed by atoms with Crippen molar-refractivity contribution >= 4 is 5.91 Å². The number of hydrogen-bond acceptors (Lipinski definition) is 5. The Kier molecular flexibility index (Phi) is 6.22. The molecule has 0 saturated carbocycles. The van der Waals surface area contributed by atoms with Gasteiger partial charge in [-0.05, 0) is 61.4 Å². The van der Waals surface area contributed by atoms with Gasteiger partial charge in [0.1, 0.15) is 17.8 Å². The zero-order valence-corrected chi connectivity index (χ0v) is 16.2. The number of carbonyl (C=O) groups is 1. The molecule has 0 unspecified atom stereocenters. The molecular weight excluding hydrogens is 354 g/mol. The monoisotopic (exact) mass is 377 g/mol. The Labute approximate surface area is 164 Å². The standard InChI is InChI=1S/C22H23N3O3/c1-15-4-5-16(2)21(10-15)28-13-22(26)23-12-18-11-20(25-14-24-18)17-6-8-19(27-3)9-7-17/h4-11,14H,12-13H2,1-3H3,(H,23,26). The summed E-state index contributed by atoms with van der Waals surface area (Å²) in [4.78, 5) is 20.6. The first kappa shape index (κ1) is 19.4. The van der Waals surface area contributed by atoms with E-state index in [2.05, 4.69) is 15.3 Å². The summed E-state index contributed by atoms with van der Waals surface area (Å²) in [5.41, 5.74) is 4.55. The summed E-state index contributed by atoms with van der Waals surface area (Å²) in [7, 11) is 1.63. The molecule has 1 N–H and O–H groups in total. The maximum atomic E-state index is 12.1. The third kappa shape index (κ3) is 5.07. The quantitative estimate of drug-likeness (QED) is 0.683. The van der Waals surface area contributed by atoms with E-state index in [0.29, 0.717) is 6.54 Å². The van der Waals surface area contributed by atoms with Crippen LogP contribution in [0.4, 0.5) is 0 Å². The van der Waals surface area contributed by atoms with Crippen LogP contribution in [-0.4, -0.2) is 29.6 Å². The highest BCUT2D eigenvalue weighted by Crippen LogP contribution is 2.21. The average molecular weight is 377 g/mol. The first-order chi connectivity index (χ1) is 13.5. The fraction of sp³-hybridized carbons (Fsp3) is 0.227. The molecular formula is C22H23N3O3. The molecule has 0 radical (unpaired) electrons. The molecule has 0 aliphatic heterocycles. The highest BCUT2D eigenvalue weighted by atomic mass is 16.5. The molecule has 1 heterocycles. The van der Waals surface area contributed by atoms with Crippen LogP contribution in [0.25, 0.3) is 11.3 Å². The van der Waals surface area contributed by atoms with Crippen molar-refractivity contribution in [2.75, 3.05) is 13.7 Å². The van der Waals surface area contributed by atoms with E-state index in [-0.39, 0.29) is 12.5 Å². The lowest BCUT2D eigenvalue weighted by Gasteiger charge is -2.10. The summed E-state index contributed by atoms with van der Waals surface area (Å²) in [6.45, 7) is 4.21. The Morgan fingerprint density at radius 1 is 1.04 bits per heavy atom. The Bertz CT molecular complexity index is 955. The van der Waals surface area contributed by atoms with Crippen LogP contribution in [0, 0.1) is 13.8 Å². The van der Waals surface area contributed by atoms with E-state index in [1.165, 1.54) is 6.33 Å². The Morgan fingerprint density at radius 3 is 2.57 bits per heavy atom. The lowest BCUT2D eigenvalue weighted by Crippen LogP contribution is -2.28. The van der Waals surface area contributed by atoms with Crippen LogP contribution >= 0.6 is 0 Å². The van der Waals surface area contributed by atoms with E-state index < -0.39 is 0 Å². The number of benzene rings is 2. The lowest BCUT2D eigenvalue weighted by molar-refractivity contribution is -0.123. The molecule has 28 heavy (non-hydrogen) atoms. The van der Waals surface area contributed by atoms with Gasteiger partial charge in [-0.3, -0.25) is 4.79 Å². The molecule has 0 bridgehead atoms. The predicted octanol–water partition coefficient (Wildman–Crippen LogP) is 3.46. The van der Waals surface area contributed by atoms with Crippen molar-refractivity contribution in [3.63, 3.8) is 0 Å². The first-order valence-corrected chi connectivity index (χ1v) is 8.97. The molecule has 1 amide bonds. The number of aryl methyl sites for hydroxylation is 2. The van der Waals surface area contributed by atoms with Gasteiger partial charge in [0.25, 0.3) is 5.91 Å². The number of hydrogen-bond donors (Lipinski definition) is 1. The number of rotatable bonds is 7. The highest BCUT2D eigenvalue weighted by Gasteiger charge is 2.07. The van der Waals surface area contributed by atoms with Crippen LogP contribution < -0.4 is 14.8 Å². The Hall–Kier alpha value is -3.41. The van der Waals surface area contributed by atoms with E-state index in [4.69, 9.17) is 9.47 Å². The lowest BCUT2D eigenvalue weighted by atomic mass is 10.1. The fourth-order valence-corrected chi connectivity index (χ4v) is 2.66. The van der Waals surface area contributed by atoms with Crippen molar-refractivity contribution in [3.8, 4) is 22.8 Å². The fourth-order valence-electron chi connectivity index (χ4n) is 2.66. The largest absolute Gasteiger partial charge is 0.497 e. The molecule has 1 aromatic heterocycles. The molecule has 0 aliphatic carbocycles. The minimum atomic E-state index is -0.203. The zero-order chi connectivity index (χ0) is 19.9. The molecule has 6 heteroatoms. The maximum Gasteiger partial charge on any atom is 0.258 e. The number of nitrogens with zero attached hydrogens (tertiary/aromatic N) is 2. The normalized spacial score (nSPS) is 10.4. The van der Waals surface area contributed by atoms with E-state index in [1.54, 1.807) is 7.11 Å². The molecule has 3 rings (SSSR count). The molecule has 6 nitrogen and oxygen atoms in total. The smallest absolute Gasteiger partial charge is 0.258 e. The van der Waals surface area contributed by atoms with Crippen LogP contribution in [0.1, 0.15) is 16.8 Å². The van der Waals surface area contributed by atoms with Crippen molar-refractivity contribution in [3.05, 3.63) is 71.7 Å². The van der Waals surface area contributed by atoms with Gasteiger partial charge in [0, 0.05) is 5.56 Å². The number of aromatic nitrogens is 2. The van der Waals surface area contributed by atoms with Crippen LogP contribution in [-0.2, 0) is 11.3 Å². The van der Waals surface area contributed by atoms with Crippen molar-refractivity contribution in [2.45, 2.75) is 20.4 Å². The molecule has 0 aliphatic rings. The third-order valence-corrected chi connectivity index (χ3v) is 4.28. The van der Waals surface area contributed by atoms with Gasteiger partial charge in [-0.25, -0.2) is 9.97 Å². The van der Waals surface area contributed by atoms with Crippen LogP contribution in [0.5, 0.6) is 11.5 Å². The maximum absolute atomic E-state index is 12.1. The summed E-state index contributed by atoms with van der Waals surface area (Å²) >= 11 is 0. The van der Waals surface area contributed by atoms with Gasteiger partial charge in [0.05, 0.1) is 25.0 Å². The average Bonchev–Trinajstić information content (AvgIpc) is 2.73. The van der Waals surface area contributed by atoms with E-state index in [9.17, 15) is 4.79 Å². The molecule has 0 spiro atoms. The van der Waals surface area contributed by atoms with Gasteiger partial charge in [-0.1, -0.05) is 12.1 Å². The molecule has 0 atom stereocenters. The van der Waals surface area contributed by atoms with E-state index in [1.807, 2.05) is 62.4 Å². The minimum absolute atomic E-state index is 0.0410. The molecule has 2 aromatic carbocycles. The van der Waals surface area contributed by atoms with Gasteiger partial charge in [0.2, 0.25) is 0 Å². The number of carbonyl (C=O) groups excluding carboxylic acids is 1. The SMILES string of the molecule is COc1ccc(-c2cc(CNC(=O)COc3cc(C)ccc3C)ncn2)cc1. The molecule has 3 aromatic rings. The molecule has 0 saturated heterocycles. The number of nitrogens with one attached hydrogen (secondary N) is 1. The first-order valence-electron chi connectivity index (χ1n) is 8.97. The van der Waals surface area contributed by atoms with Gasteiger partial charge in [-0.15, -0.1) is 0 Å². The van der Waals surface area contributed by atoms with Crippen molar-refractivity contribution in [1.82, 2.24) is 15.3 Å². The summed E-state index contributed by atoms with van der Waals surface area (Å²) < 4.78 is 10.8. The van der Waals surface area contributed by atoms with Gasteiger partial charge >= 0.3 is 0 Å². The minimum Gasteiger partial charge on any atom is -0.497 e. The molecule has 0 fully saturated rings. The number of ether oxygens (including phenoxy) is 2. The van der Waals surface area contributed by atoms with Gasteiger partial charge in [0.15, 0.2) is 6.61 Å². The second-order valence-electron chi connectivity index (χ2n) is 6.46. The highest BCUT2D eigenvalue weighted by molar-refractivity contribution is 5.77. The van der Waals surface area contributed by atoms with Crippen LogP contribution in [0.2, 0.25) is 0 Å². The summed E-state index contributed by atoms with van der Waals surface area (Å²) in [6, 6.07) is 15.4. The second kappa shape index (κ2) is 8.99. The predicted molar refractivity (Wildman–Crippen MR) is 107 cm³/mol. The van der Waals surface area contributed by atoms with E-state index >= 15 is 0 Å². The van der Waals surface area contributed by atoms with Crippen LogP contribution in [0.15, 0.2) is 54.9 Å².